The molecule has 0 aliphatic heterocycles. The van der Waals surface area contributed by atoms with Gasteiger partial charge in [0.2, 0.25) is 0 Å². The van der Waals surface area contributed by atoms with E-state index in [4.69, 9.17) is 0 Å². The highest BCUT2D eigenvalue weighted by Crippen LogP contribution is 2.32. The van der Waals surface area contributed by atoms with Crippen molar-refractivity contribution in [2.45, 2.75) is 6.18 Å². The molecule has 17 heavy (non-hydrogen) atoms. The van der Waals surface area contributed by atoms with Crippen LogP contribution in [0.4, 0.5) is 17.6 Å². The van der Waals surface area contributed by atoms with Gasteiger partial charge < -0.3 is 0 Å². The second kappa shape index (κ2) is 4.16. The zero-order chi connectivity index (χ0) is 12.5. The Labute approximate surface area is 94.7 Å². The Morgan fingerprint density at radius 3 is 2.35 bits per heavy atom. The second-order valence-electron chi connectivity index (χ2n) is 3.41. The summed E-state index contributed by atoms with van der Waals surface area (Å²) in [6.45, 7) is 0. The van der Waals surface area contributed by atoms with Crippen molar-refractivity contribution in [1.29, 1.82) is 0 Å². The quantitative estimate of drug-likeness (QED) is 0.690. The van der Waals surface area contributed by atoms with Crippen LogP contribution in [0.1, 0.15) is 5.56 Å². The Bertz CT molecular complexity index is 520. The summed E-state index contributed by atoms with van der Waals surface area (Å²) in [5.41, 5.74) is -0.865. The van der Waals surface area contributed by atoms with Gasteiger partial charge in [0.25, 0.3) is 0 Å². The lowest BCUT2D eigenvalue weighted by Crippen LogP contribution is -2.05. The minimum Gasteiger partial charge on any atom is -0.256 e. The first-order valence-electron chi connectivity index (χ1n) is 4.76. The van der Waals surface area contributed by atoms with Crippen molar-refractivity contribution in [3.05, 3.63) is 54.0 Å². The first-order valence-corrected chi connectivity index (χ1v) is 4.76. The fourth-order valence-electron chi connectivity index (χ4n) is 1.42. The molecule has 0 N–H and O–H groups in total. The second-order valence-corrected chi connectivity index (χ2v) is 3.41. The molecule has 1 aromatic carbocycles. The third kappa shape index (κ3) is 2.43. The van der Waals surface area contributed by atoms with Crippen LogP contribution in [0, 0.1) is 5.82 Å². The Morgan fingerprint density at radius 2 is 1.76 bits per heavy atom. The lowest BCUT2D eigenvalue weighted by atomic mass is 10.1. The molecule has 0 saturated carbocycles. The zero-order valence-corrected chi connectivity index (χ0v) is 8.50. The summed E-state index contributed by atoms with van der Waals surface area (Å²) >= 11 is 0. The van der Waals surface area contributed by atoms with Crippen molar-refractivity contribution in [2.24, 2.45) is 0 Å². The van der Waals surface area contributed by atoms with Gasteiger partial charge in [-0.3, -0.25) is 4.98 Å². The summed E-state index contributed by atoms with van der Waals surface area (Å²) in [5, 5.41) is 0. The maximum atomic E-state index is 13.4. The molecule has 1 aromatic heterocycles. The average Bonchev–Trinajstić information content (AvgIpc) is 2.29. The lowest BCUT2D eigenvalue weighted by molar-refractivity contribution is -0.137. The number of hydrogen-bond acceptors (Lipinski definition) is 1. The van der Waals surface area contributed by atoms with Crippen LogP contribution in [0.5, 0.6) is 0 Å². The number of alkyl halides is 3. The van der Waals surface area contributed by atoms with Gasteiger partial charge >= 0.3 is 6.18 Å². The van der Waals surface area contributed by atoms with Crippen LogP contribution in [0.2, 0.25) is 0 Å². The van der Waals surface area contributed by atoms with Crippen LogP contribution in [0.25, 0.3) is 11.3 Å². The van der Waals surface area contributed by atoms with E-state index in [0.717, 1.165) is 12.1 Å². The molecule has 0 amide bonds. The number of nitrogens with zero attached hydrogens (tertiary/aromatic N) is 1. The standard InChI is InChI=1S/C12H7F4N/c13-10-5-4-8(12(14,15)16)7-9(10)11-3-1-2-6-17-11/h1-7H. The summed E-state index contributed by atoms with van der Waals surface area (Å²) in [6.07, 6.45) is -3.09. The molecule has 0 unspecified atom stereocenters. The molecule has 88 valence electrons. The van der Waals surface area contributed by atoms with E-state index in [1.165, 1.54) is 12.3 Å². The molecule has 0 saturated heterocycles. The van der Waals surface area contributed by atoms with E-state index < -0.39 is 17.6 Å². The van der Waals surface area contributed by atoms with Gasteiger partial charge in [-0.1, -0.05) is 6.07 Å². The minimum absolute atomic E-state index is 0.152. The summed E-state index contributed by atoms with van der Waals surface area (Å²) in [4.78, 5) is 3.83. The normalized spacial score (nSPS) is 11.5. The predicted molar refractivity (Wildman–Crippen MR) is 54.6 cm³/mol. The molecule has 0 spiro atoms. The third-order valence-corrected chi connectivity index (χ3v) is 2.23. The monoisotopic (exact) mass is 241 g/mol. The molecular weight excluding hydrogens is 234 g/mol. The van der Waals surface area contributed by atoms with Crippen LogP contribution >= 0.6 is 0 Å². The molecule has 2 aromatic rings. The SMILES string of the molecule is Fc1ccc(C(F)(F)F)cc1-c1ccccn1. The highest BCUT2D eigenvalue weighted by atomic mass is 19.4. The van der Waals surface area contributed by atoms with Gasteiger partial charge in [0.15, 0.2) is 0 Å². The van der Waals surface area contributed by atoms with E-state index in [1.54, 1.807) is 12.1 Å². The van der Waals surface area contributed by atoms with E-state index in [9.17, 15) is 17.6 Å². The topological polar surface area (TPSA) is 12.9 Å². The van der Waals surface area contributed by atoms with Crippen molar-refractivity contribution in [1.82, 2.24) is 4.98 Å². The summed E-state index contributed by atoms with van der Waals surface area (Å²) in [7, 11) is 0. The number of hydrogen-bond donors (Lipinski definition) is 0. The maximum absolute atomic E-state index is 13.4. The number of pyridine rings is 1. The highest BCUT2D eigenvalue weighted by molar-refractivity contribution is 5.60. The smallest absolute Gasteiger partial charge is 0.256 e. The third-order valence-electron chi connectivity index (χ3n) is 2.23. The van der Waals surface area contributed by atoms with Crippen molar-refractivity contribution in [3.8, 4) is 11.3 Å². The Hall–Kier alpha value is -1.91. The van der Waals surface area contributed by atoms with Crippen molar-refractivity contribution < 1.29 is 17.6 Å². The van der Waals surface area contributed by atoms with Crippen LogP contribution < -0.4 is 0 Å². The first-order chi connectivity index (χ1) is 7.98. The lowest BCUT2D eigenvalue weighted by Gasteiger charge is -2.09. The van der Waals surface area contributed by atoms with Gasteiger partial charge in [-0.05, 0) is 30.3 Å². The summed E-state index contributed by atoms with van der Waals surface area (Å²) < 4.78 is 50.9. The minimum atomic E-state index is -4.49. The molecule has 0 radical (unpaired) electrons. The van der Waals surface area contributed by atoms with Crippen LogP contribution in [0.15, 0.2) is 42.6 Å². The Kier molecular flexibility index (Phi) is 2.83. The van der Waals surface area contributed by atoms with E-state index in [1.807, 2.05) is 0 Å². The van der Waals surface area contributed by atoms with Gasteiger partial charge in [-0.2, -0.15) is 13.2 Å². The van der Waals surface area contributed by atoms with Crippen molar-refractivity contribution >= 4 is 0 Å². The van der Waals surface area contributed by atoms with Gasteiger partial charge in [0, 0.05) is 11.8 Å². The molecule has 0 fully saturated rings. The average molecular weight is 241 g/mol. The number of benzene rings is 1. The van der Waals surface area contributed by atoms with Crippen LogP contribution in [-0.4, -0.2) is 4.98 Å². The Balaban J connectivity index is 2.55. The first kappa shape index (κ1) is 11.6. The fourth-order valence-corrected chi connectivity index (χ4v) is 1.42. The zero-order valence-electron chi connectivity index (χ0n) is 8.50. The van der Waals surface area contributed by atoms with E-state index in [0.29, 0.717) is 6.07 Å². The molecule has 0 bridgehead atoms. The molecular formula is C12H7F4N. The van der Waals surface area contributed by atoms with E-state index >= 15 is 0 Å². The van der Waals surface area contributed by atoms with Crippen LogP contribution in [-0.2, 0) is 6.18 Å². The molecule has 2 rings (SSSR count). The number of aromatic nitrogens is 1. The van der Waals surface area contributed by atoms with Crippen LogP contribution in [0.3, 0.4) is 0 Å². The molecule has 1 heterocycles. The number of rotatable bonds is 1. The van der Waals surface area contributed by atoms with Gasteiger partial charge in [-0.25, -0.2) is 4.39 Å². The predicted octanol–water partition coefficient (Wildman–Crippen LogP) is 3.91. The van der Waals surface area contributed by atoms with Gasteiger partial charge in [-0.15, -0.1) is 0 Å². The van der Waals surface area contributed by atoms with Crippen molar-refractivity contribution in [2.75, 3.05) is 0 Å². The van der Waals surface area contributed by atoms with E-state index in [-0.39, 0.29) is 11.3 Å². The molecule has 0 aliphatic rings. The number of halogens is 4. The fraction of sp³-hybridized carbons (Fsp3) is 0.0833. The van der Waals surface area contributed by atoms with E-state index in [2.05, 4.69) is 4.98 Å². The molecule has 0 aliphatic carbocycles. The molecule has 5 heteroatoms. The molecule has 1 nitrogen and oxygen atoms in total. The highest BCUT2D eigenvalue weighted by Gasteiger charge is 2.31. The van der Waals surface area contributed by atoms with Gasteiger partial charge in [0.05, 0.1) is 11.3 Å². The molecule has 0 atom stereocenters. The van der Waals surface area contributed by atoms with Gasteiger partial charge in [0.1, 0.15) is 5.82 Å². The van der Waals surface area contributed by atoms with Crippen molar-refractivity contribution in [3.63, 3.8) is 0 Å². The largest absolute Gasteiger partial charge is 0.416 e. The maximum Gasteiger partial charge on any atom is 0.416 e. The summed E-state index contributed by atoms with van der Waals surface area (Å²) in [5.74, 6) is -0.725. The summed E-state index contributed by atoms with van der Waals surface area (Å²) in [6, 6.07) is 6.92. The Morgan fingerprint density at radius 1 is 1.00 bits per heavy atom.